The number of nitrogens with one attached hydrogen (secondary N) is 2. The van der Waals surface area contributed by atoms with E-state index >= 15 is 0 Å². The lowest BCUT2D eigenvalue weighted by atomic mass is 10.1. The number of ether oxygens (including phenoxy) is 1. The minimum atomic E-state index is 0.0112. The van der Waals surface area contributed by atoms with Crippen molar-refractivity contribution in [1.82, 2.24) is 10.6 Å². The second-order valence-electron chi connectivity index (χ2n) is 5.87. The van der Waals surface area contributed by atoms with Gasteiger partial charge in [-0.05, 0) is 37.8 Å². The van der Waals surface area contributed by atoms with Crippen LogP contribution in [0.1, 0.15) is 38.4 Å². The first-order chi connectivity index (χ1) is 11.3. The molecular formula is C17H29N3O3. The molecule has 1 aromatic rings. The number of nitrogens with zero attached hydrogens (tertiary/aromatic N) is 1. The zero-order chi connectivity index (χ0) is 16.3. The molecule has 0 aromatic carbocycles. The summed E-state index contributed by atoms with van der Waals surface area (Å²) in [4.78, 5) is 4.63. The van der Waals surface area contributed by atoms with Crippen LogP contribution in [0.25, 0.3) is 0 Å². The van der Waals surface area contributed by atoms with Crippen molar-refractivity contribution < 1.29 is 14.3 Å². The van der Waals surface area contributed by atoms with Gasteiger partial charge in [-0.3, -0.25) is 4.99 Å². The molecule has 3 N–H and O–H groups in total. The molecule has 1 saturated heterocycles. The molecule has 0 spiro atoms. The van der Waals surface area contributed by atoms with E-state index in [1.54, 1.807) is 6.26 Å². The van der Waals surface area contributed by atoms with Crippen LogP contribution in [0.15, 0.2) is 27.8 Å². The van der Waals surface area contributed by atoms with Crippen molar-refractivity contribution in [3.8, 4) is 0 Å². The summed E-state index contributed by atoms with van der Waals surface area (Å²) < 4.78 is 11.1. The number of aliphatic imine (C=N–C) groups is 1. The number of aliphatic hydroxyl groups is 1. The fourth-order valence-electron chi connectivity index (χ4n) is 2.53. The van der Waals surface area contributed by atoms with Crippen LogP contribution in [0.4, 0.5) is 0 Å². The van der Waals surface area contributed by atoms with E-state index in [2.05, 4.69) is 15.6 Å². The van der Waals surface area contributed by atoms with Gasteiger partial charge in [0.1, 0.15) is 5.76 Å². The summed E-state index contributed by atoms with van der Waals surface area (Å²) in [5.41, 5.74) is 0. The van der Waals surface area contributed by atoms with Crippen LogP contribution in [-0.2, 0) is 11.2 Å². The maximum Gasteiger partial charge on any atom is 0.191 e. The summed E-state index contributed by atoms with van der Waals surface area (Å²) >= 11 is 0. The Morgan fingerprint density at radius 3 is 3.04 bits per heavy atom. The lowest BCUT2D eigenvalue weighted by Crippen LogP contribution is -2.45. The highest BCUT2D eigenvalue weighted by Gasteiger charge is 2.14. The minimum absolute atomic E-state index is 0.0112. The van der Waals surface area contributed by atoms with E-state index in [9.17, 15) is 5.11 Å². The second kappa shape index (κ2) is 10.3. The van der Waals surface area contributed by atoms with Gasteiger partial charge in [-0.2, -0.15) is 0 Å². The molecule has 23 heavy (non-hydrogen) atoms. The van der Waals surface area contributed by atoms with Gasteiger partial charge in [0.05, 0.1) is 31.6 Å². The molecule has 1 aliphatic rings. The number of rotatable bonds is 8. The largest absolute Gasteiger partial charge is 0.469 e. The zero-order valence-electron chi connectivity index (χ0n) is 14.0. The van der Waals surface area contributed by atoms with Crippen molar-refractivity contribution in [2.45, 2.75) is 51.2 Å². The Morgan fingerprint density at radius 2 is 2.39 bits per heavy atom. The van der Waals surface area contributed by atoms with E-state index in [0.29, 0.717) is 6.54 Å². The molecule has 0 bridgehead atoms. The van der Waals surface area contributed by atoms with Crippen molar-refractivity contribution >= 4 is 5.96 Å². The fraction of sp³-hybridized carbons (Fsp3) is 0.706. The first-order valence-corrected chi connectivity index (χ1v) is 8.61. The summed E-state index contributed by atoms with van der Waals surface area (Å²) in [6.07, 6.45) is 6.96. The van der Waals surface area contributed by atoms with Gasteiger partial charge in [-0.25, -0.2) is 0 Å². The van der Waals surface area contributed by atoms with Crippen LogP contribution in [0.3, 0.4) is 0 Å². The predicted molar refractivity (Wildman–Crippen MR) is 90.6 cm³/mol. The highest BCUT2D eigenvalue weighted by molar-refractivity contribution is 5.80. The molecule has 0 radical (unpaired) electrons. The lowest BCUT2D eigenvalue weighted by Gasteiger charge is -2.22. The summed E-state index contributed by atoms with van der Waals surface area (Å²) in [7, 11) is 0. The van der Waals surface area contributed by atoms with Crippen molar-refractivity contribution in [2.24, 2.45) is 4.99 Å². The van der Waals surface area contributed by atoms with Crippen molar-refractivity contribution in [1.29, 1.82) is 0 Å². The first kappa shape index (κ1) is 17.8. The van der Waals surface area contributed by atoms with Crippen molar-refractivity contribution in [3.05, 3.63) is 24.2 Å². The lowest BCUT2D eigenvalue weighted by molar-refractivity contribution is 0.0224. The molecule has 6 nitrogen and oxygen atoms in total. The van der Waals surface area contributed by atoms with Gasteiger partial charge in [-0.1, -0.05) is 6.92 Å². The number of aliphatic hydroxyl groups excluding tert-OH is 1. The van der Waals surface area contributed by atoms with E-state index in [4.69, 9.17) is 9.15 Å². The van der Waals surface area contributed by atoms with E-state index in [-0.39, 0.29) is 18.8 Å². The van der Waals surface area contributed by atoms with Gasteiger partial charge in [0.2, 0.25) is 0 Å². The van der Waals surface area contributed by atoms with Crippen LogP contribution in [0, 0.1) is 0 Å². The third kappa shape index (κ3) is 6.62. The maximum atomic E-state index is 9.38. The minimum Gasteiger partial charge on any atom is -0.469 e. The van der Waals surface area contributed by atoms with Gasteiger partial charge >= 0.3 is 0 Å². The monoisotopic (exact) mass is 323 g/mol. The van der Waals surface area contributed by atoms with E-state index in [1.807, 2.05) is 19.1 Å². The molecule has 2 heterocycles. The molecule has 130 valence electrons. The van der Waals surface area contributed by atoms with Gasteiger partial charge in [0, 0.05) is 19.6 Å². The van der Waals surface area contributed by atoms with Crippen LogP contribution < -0.4 is 10.6 Å². The number of furan rings is 1. The Bertz CT molecular complexity index is 438. The fourth-order valence-corrected chi connectivity index (χ4v) is 2.53. The molecule has 0 saturated carbocycles. The van der Waals surface area contributed by atoms with E-state index in [0.717, 1.165) is 50.6 Å². The molecule has 1 fully saturated rings. The van der Waals surface area contributed by atoms with Gasteiger partial charge < -0.3 is 24.9 Å². The second-order valence-corrected chi connectivity index (χ2v) is 5.87. The SMILES string of the molecule is CC[C@H](CO)NC(=NCC1CCCCO1)NCCc1ccco1. The zero-order valence-corrected chi connectivity index (χ0v) is 14.0. The highest BCUT2D eigenvalue weighted by Crippen LogP contribution is 2.12. The van der Waals surface area contributed by atoms with E-state index in [1.165, 1.54) is 6.42 Å². The average molecular weight is 323 g/mol. The Labute approximate surface area is 138 Å². The number of hydrogen-bond donors (Lipinski definition) is 3. The molecule has 1 aliphatic heterocycles. The van der Waals surface area contributed by atoms with Crippen LogP contribution in [-0.4, -0.2) is 49.5 Å². The highest BCUT2D eigenvalue weighted by atomic mass is 16.5. The Morgan fingerprint density at radius 1 is 1.48 bits per heavy atom. The molecule has 0 aliphatic carbocycles. The molecule has 0 amide bonds. The summed E-state index contributed by atoms with van der Waals surface area (Å²) in [5, 5.41) is 16.0. The Kier molecular flexibility index (Phi) is 7.97. The number of hydrogen-bond acceptors (Lipinski definition) is 4. The topological polar surface area (TPSA) is 79.0 Å². The third-order valence-corrected chi connectivity index (χ3v) is 4.03. The summed E-state index contributed by atoms with van der Waals surface area (Å²) in [6, 6.07) is 3.86. The standard InChI is InChI=1S/C17H29N3O3/c1-2-14(13-21)20-17(18-9-8-15-7-5-11-22-15)19-12-16-6-3-4-10-23-16/h5,7,11,14,16,21H,2-4,6,8-10,12-13H2,1H3,(H2,18,19,20)/t14-,16?/m1/s1. The molecule has 2 atom stereocenters. The molecule has 2 rings (SSSR count). The first-order valence-electron chi connectivity index (χ1n) is 8.61. The quantitative estimate of drug-likeness (QED) is 0.501. The summed E-state index contributed by atoms with van der Waals surface area (Å²) in [6.45, 7) is 4.35. The van der Waals surface area contributed by atoms with Gasteiger partial charge in [0.25, 0.3) is 0 Å². The average Bonchev–Trinajstić information content (AvgIpc) is 3.11. The third-order valence-electron chi connectivity index (χ3n) is 4.03. The van der Waals surface area contributed by atoms with Gasteiger partial charge in [-0.15, -0.1) is 0 Å². The van der Waals surface area contributed by atoms with Crippen molar-refractivity contribution in [2.75, 3.05) is 26.3 Å². The van der Waals surface area contributed by atoms with Crippen LogP contribution >= 0.6 is 0 Å². The number of guanidine groups is 1. The van der Waals surface area contributed by atoms with Crippen molar-refractivity contribution in [3.63, 3.8) is 0 Å². The normalized spacial score (nSPS) is 20.3. The van der Waals surface area contributed by atoms with E-state index < -0.39 is 0 Å². The predicted octanol–water partition coefficient (Wildman–Crippen LogP) is 1.70. The van der Waals surface area contributed by atoms with Crippen LogP contribution in [0.2, 0.25) is 0 Å². The molecule has 1 unspecified atom stereocenters. The Balaban J connectivity index is 1.84. The van der Waals surface area contributed by atoms with Gasteiger partial charge in [0.15, 0.2) is 5.96 Å². The Hall–Kier alpha value is -1.53. The smallest absolute Gasteiger partial charge is 0.191 e. The van der Waals surface area contributed by atoms with Crippen LogP contribution in [0.5, 0.6) is 0 Å². The maximum absolute atomic E-state index is 9.38. The molecule has 1 aromatic heterocycles. The molecule has 6 heteroatoms. The molecular weight excluding hydrogens is 294 g/mol. The summed E-state index contributed by atoms with van der Waals surface area (Å²) in [5.74, 6) is 1.67.